The van der Waals surface area contributed by atoms with E-state index in [0.29, 0.717) is 0 Å². The first-order valence-corrected chi connectivity index (χ1v) is 24.9. The number of hydrogen-bond donors (Lipinski definition) is 0. The highest BCUT2D eigenvalue weighted by molar-refractivity contribution is 6.96. The Kier molecular flexibility index (Phi) is 13.1. The van der Waals surface area contributed by atoms with Crippen LogP contribution >= 0.6 is 0 Å². The van der Waals surface area contributed by atoms with Crippen LogP contribution in [0.2, 0.25) is 56.2 Å². The summed E-state index contributed by atoms with van der Waals surface area (Å²) in [5.41, 5.74) is 0. The quantitative estimate of drug-likeness (QED) is 0.260. The molecule has 0 fully saturated rings. The van der Waals surface area contributed by atoms with Crippen molar-refractivity contribution in [2.24, 2.45) is 0 Å². The van der Waals surface area contributed by atoms with Crippen LogP contribution in [0.15, 0.2) is 0 Å². The van der Waals surface area contributed by atoms with E-state index < -0.39 is 52.1 Å². The molecule has 0 heterocycles. The minimum atomic E-state index is -3.06. The van der Waals surface area contributed by atoms with Crippen molar-refractivity contribution in [2.45, 2.75) is 70.0 Å². The highest BCUT2D eigenvalue weighted by Crippen LogP contribution is 2.39. The van der Waals surface area contributed by atoms with E-state index in [9.17, 15) is 0 Å². The lowest BCUT2D eigenvalue weighted by Crippen LogP contribution is -2.65. The van der Waals surface area contributed by atoms with E-state index in [4.69, 9.17) is 38.9 Å². The summed E-state index contributed by atoms with van der Waals surface area (Å²) < 4.78 is 54.8. The van der Waals surface area contributed by atoms with Crippen molar-refractivity contribution in [1.29, 1.82) is 0 Å². The average molecular weight is 564 g/mol. The second kappa shape index (κ2) is 12.8. The van der Waals surface area contributed by atoms with Crippen LogP contribution in [0, 0.1) is 0 Å². The molecule has 32 heavy (non-hydrogen) atoms. The zero-order valence-electron chi connectivity index (χ0n) is 22.8. The first kappa shape index (κ1) is 32.9. The Bertz CT molecular complexity index is 502. The van der Waals surface area contributed by atoms with Gasteiger partial charge < -0.3 is 38.9 Å². The molecule has 0 N–H and O–H groups in total. The highest BCUT2D eigenvalue weighted by atomic mass is 28.5. The Morgan fingerprint density at radius 2 is 0.781 bits per heavy atom. The van der Waals surface area contributed by atoms with E-state index >= 15 is 0 Å². The molecule has 193 valence electrons. The lowest BCUT2D eigenvalue weighted by Gasteiger charge is -2.46. The fourth-order valence-corrected chi connectivity index (χ4v) is 30.7. The largest absolute Gasteiger partial charge is 0.502 e. The molecular formula is C17H47O9Si6. The van der Waals surface area contributed by atoms with Gasteiger partial charge in [0.1, 0.15) is 0 Å². The van der Waals surface area contributed by atoms with Gasteiger partial charge in [-0.3, -0.25) is 0 Å². The lowest BCUT2D eigenvalue weighted by molar-refractivity contribution is 0.117. The maximum absolute atomic E-state index is 6.89. The third kappa shape index (κ3) is 7.72. The summed E-state index contributed by atoms with van der Waals surface area (Å²) in [6.45, 7) is 18.9. The van der Waals surface area contributed by atoms with Crippen molar-refractivity contribution in [1.82, 2.24) is 0 Å². The van der Waals surface area contributed by atoms with Crippen LogP contribution in [0.25, 0.3) is 0 Å². The fraction of sp³-hybridized carbons (Fsp3) is 1.00. The molecule has 0 aromatic carbocycles. The van der Waals surface area contributed by atoms with Gasteiger partial charge in [-0.05, 0) is 39.3 Å². The summed E-state index contributed by atoms with van der Waals surface area (Å²) in [7, 11) is -5.11. The molecule has 0 spiro atoms. The van der Waals surface area contributed by atoms with Crippen molar-refractivity contribution in [3.8, 4) is 0 Å². The van der Waals surface area contributed by atoms with Crippen LogP contribution in [-0.2, 0) is 38.9 Å². The molecule has 0 aromatic heterocycles. The van der Waals surface area contributed by atoms with Gasteiger partial charge in [-0.2, -0.15) is 0 Å². The normalized spacial score (nSPS) is 18.0. The average Bonchev–Trinajstić information content (AvgIpc) is 2.69. The minimum absolute atomic E-state index is 0.0361. The van der Waals surface area contributed by atoms with Gasteiger partial charge in [0.2, 0.25) is 0 Å². The fourth-order valence-electron chi connectivity index (χ4n) is 3.98. The minimum Gasteiger partial charge on any atom is -0.417 e. The Balaban J connectivity index is 6.12. The molecule has 0 aliphatic rings. The van der Waals surface area contributed by atoms with Crippen molar-refractivity contribution in [3.63, 3.8) is 0 Å². The van der Waals surface area contributed by atoms with Gasteiger partial charge in [0, 0.05) is 59.5 Å². The molecule has 0 rings (SSSR count). The Morgan fingerprint density at radius 1 is 0.531 bits per heavy atom. The maximum Gasteiger partial charge on any atom is 0.502 e. The van der Waals surface area contributed by atoms with Gasteiger partial charge in [-0.15, -0.1) is 0 Å². The van der Waals surface area contributed by atoms with Gasteiger partial charge in [0.15, 0.2) is 25.7 Å². The van der Waals surface area contributed by atoms with E-state index in [1.54, 1.807) is 42.7 Å². The second-order valence-corrected chi connectivity index (χ2v) is 31.0. The molecule has 0 aromatic rings. The molecule has 0 bridgehead atoms. The third-order valence-electron chi connectivity index (χ3n) is 6.14. The van der Waals surface area contributed by atoms with Gasteiger partial charge >= 0.3 is 26.4 Å². The summed E-state index contributed by atoms with van der Waals surface area (Å²) in [5.74, 6) is 0. The highest BCUT2D eigenvalue weighted by Gasteiger charge is 2.60. The van der Waals surface area contributed by atoms with Crippen molar-refractivity contribution >= 4 is 52.1 Å². The molecule has 0 saturated heterocycles. The third-order valence-corrected chi connectivity index (χ3v) is 32.4. The van der Waals surface area contributed by atoms with Crippen LogP contribution in [0.5, 0.6) is 0 Å². The maximum atomic E-state index is 6.89. The van der Waals surface area contributed by atoms with E-state index in [1.807, 2.05) is 6.55 Å². The summed E-state index contributed by atoms with van der Waals surface area (Å²) in [4.78, 5) is 0. The lowest BCUT2D eigenvalue weighted by atomic mass is 10.9. The first-order valence-electron chi connectivity index (χ1n) is 10.7. The van der Waals surface area contributed by atoms with Gasteiger partial charge in [0.05, 0.1) is 0 Å². The van der Waals surface area contributed by atoms with Crippen LogP contribution in [0.3, 0.4) is 0 Å². The smallest absolute Gasteiger partial charge is 0.417 e. The number of rotatable bonds is 16. The molecule has 2 unspecified atom stereocenters. The SMILES string of the molecule is CO[Si](OC)(OC)C(C)[Si](C)(C)O[Si](C)(O[Si](C)C)O[Si](C)(C)C(C)[Si](OC)(OC)OC. The van der Waals surface area contributed by atoms with Crippen LogP contribution in [0.4, 0.5) is 0 Å². The van der Waals surface area contributed by atoms with Crippen molar-refractivity contribution < 1.29 is 38.9 Å². The van der Waals surface area contributed by atoms with E-state index in [2.05, 4.69) is 53.1 Å². The first-order chi connectivity index (χ1) is 14.5. The Hall–Kier alpha value is 0.941. The predicted molar refractivity (Wildman–Crippen MR) is 140 cm³/mol. The van der Waals surface area contributed by atoms with E-state index in [0.717, 1.165) is 0 Å². The molecule has 1 radical (unpaired) electrons. The topological polar surface area (TPSA) is 83.1 Å². The van der Waals surface area contributed by atoms with Gasteiger partial charge in [-0.25, -0.2) is 0 Å². The predicted octanol–water partition coefficient (Wildman–Crippen LogP) is 3.88. The molecule has 0 saturated carbocycles. The standard InChI is InChI=1S/C17H47O9Si6/c1-16(31(18-3,19-4)20-5)28(11,12)25-30(15,24-27(9)10)26-29(13,14)17(2)32(21-6,22-7)23-8/h16-17H,1-15H3. The van der Waals surface area contributed by atoms with E-state index in [-0.39, 0.29) is 10.3 Å². The zero-order valence-corrected chi connectivity index (χ0v) is 28.8. The van der Waals surface area contributed by atoms with Crippen LogP contribution in [-0.4, -0.2) is 94.7 Å². The van der Waals surface area contributed by atoms with Gasteiger partial charge in [0.25, 0.3) is 0 Å². The Morgan fingerprint density at radius 3 is 0.969 bits per heavy atom. The van der Waals surface area contributed by atoms with Crippen LogP contribution < -0.4 is 0 Å². The molecule has 0 aliphatic carbocycles. The van der Waals surface area contributed by atoms with Crippen LogP contribution in [0.1, 0.15) is 13.8 Å². The zero-order chi connectivity index (χ0) is 25.6. The summed E-state index contributed by atoms with van der Waals surface area (Å²) in [6, 6.07) is 0. The molecule has 0 amide bonds. The molecule has 2 atom stereocenters. The Labute approximate surface area is 203 Å². The molecule has 9 nitrogen and oxygen atoms in total. The van der Waals surface area contributed by atoms with Crippen molar-refractivity contribution in [3.05, 3.63) is 0 Å². The van der Waals surface area contributed by atoms with Gasteiger partial charge in [-0.1, -0.05) is 13.8 Å². The molecule has 15 heteroatoms. The molecule has 0 aliphatic heterocycles. The summed E-state index contributed by atoms with van der Waals surface area (Å²) in [6.07, 6.45) is 0. The van der Waals surface area contributed by atoms with Crippen molar-refractivity contribution in [2.75, 3.05) is 42.7 Å². The number of hydrogen-bond acceptors (Lipinski definition) is 9. The summed E-state index contributed by atoms with van der Waals surface area (Å²) in [5, 5.41) is -0.0722. The molecular weight excluding hydrogens is 517 g/mol. The second-order valence-electron chi connectivity index (χ2n) is 9.16. The summed E-state index contributed by atoms with van der Waals surface area (Å²) >= 11 is 0. The van der Waals surface area contributed by atoms with E-state index in [1.165, 1.54) is 0 Å². The monoisotopic (exact) mass is 563 g/mol.